The average molecular weight is 633 g/mol. The second-order valence-electron chi connectivity index (χ2n) is 10.8. The number of ketones is 2. The Balaban J connectivity index is 1.47. The van der Waals surface area contributed by atoms with Crippen molar-refractivity contribution in [1.29, 1.82) is 0 Å². The Morgan fingerprint density at radius 1 is 0.956 bits per heavy atom. The highest BCUT2D eigenvalue weighted by atomic mass is 19.4. The lowest BCUT2D eigenvalue weighted by molar-refractivity contribution is -0.137. The minimum absolute atomic E-state index is 0.0875. The quantitative estimate of drug-likeness (QED) is 0.130. The molecule has 1 heterocycles. The number of hydrogen-bond donors (Lipinski definition) is 2. The first-order valence-electron chi connectivity index (χ1n) is 14.4. The first kappa shape index (κ1) is 33.7. The standard InChI is InChI=1S/C33H33F5N2O5/c1-2-29(42)30(43)22-5-3-21(4-6-22)28(15-16-41)39-31(44)23-9-13-26(14-10-23)40-18-24(17-27(40)19-45-32(34)35)20-7-11-25(12-8-20)33(36,37)38/h3-14,24,27-28,32,41H,2,15-19H2,1H3,(H,39,44)/t24-,27+,28+/m1/s1. The third-order valence-electron chi connectivity index (χ3n) is 7.87. The predicted molar refractivity (Wildman–Crippen MR) is 156 cm³/mol. The number of anilines is 1. The smallest absolute Gasteiger partial charge is 0.396 e. The number of ether oxygens (including phenoxy) is 1. The third-order valence-corrected chi connectivity index (χ3v) is 7.87. The second-order valence-corrected chi connectivity index (χ2v) is 10.8. The maximum Gasteiger partial charge on any atom is 0.416 e. The number of nitrogens with zero attached hydrogens (tertiary/aromatic N) is 1. The summed E-state index contributed by atoms with van der Waals surface area (Å²) in [5, 5.41) is 12.4. The highest BCUT2D eigenvalue weighted by molar-refractivity contribution is 6.43. The fraction of sp³-hybridized carbons (Fsp3) is 0.364. The van der Waals surface area contributed by atoms with E-state index in [9.17, 15) is 41.4 Å². The SMILES string of the molecule is CCC(=O)C(=O)c1ccc([C@H](CCO)NC(=O)c2ccc(N3C[C@H](c4ccc(C(F)(F)F)cc4)C[C@H]3COC(F)F)cc2)cc1. The van der Waals surface area contributed by atoms with Crippen molar-refractivity contribution in [3.8, 4) is 0 Å². The van der Waals surface area contributed by atoms with Crippen LogP contribution in [0.2, 0.25) is 0 Å². The highest BCUT2D eigenvalue weighted by Gasteiger charge is 2.35. The number of hydrogen-bond acceptors (Lipinski definition) is 6. The van der Waals surface area contributed by atoms with Gasteiger partial charge in [-0.1, -0.05) is 43.3 Å². The summed E-state index contributed by atoms with van der Waals surface area (Å²) in [6.45, 7) is -1.56. The first-order chi connectivity index (χ1) is 21.4. The van der Waals surface area contributed by atoms with Gasteiger partial charge in [-0.05, 0) is 60.4 Å². The van der Waals surface area contributed by atoms with Gasteiger partial charge in [0.05, 0.1) is 24.3 Å². The number of aliphatic hydroxyl groups excluding tert-OH is 1. The first-order valence-corrected chi connectivity index (χ1v) is 14.4. The van der Waals surface area contributed by atoms with E-state index in [1.807, 2.05) is 4.90 Å². The molecule has 0 saturated carbocycles. The molecule has 1 fully saturated rings. The molecule has 1 aliphatic rings. The molecule has 3 aromatic rings. The van der Waals surface area contributed by atoms with E-state index in [2.05, 4.69) is 10.1 Å². The maximum absolute atomic E-state index is 13.1. The molecule has 240 valence electrons. The van der Waals surface area contributed by atoms with Crippen molar-refractivity contribution >= 4 is 23.2 Å². The molecule has 0 aromatic heterocycles. The van der Waals surface area contributed by atoms with Crippen LogP contribution < -0.4 is 10.2 Å². The van der Waals surface area contributed by atoms with Crippen molar-refractivity contribution in [2.45, 2.75) is 57.0 Å². The number of carbonyl (C=O) groups is 3. The Hall–Kier alpha value is -4.16. The summed E-state index contributed by atoms with van der Waals surface area (Å²) < 4.78 is 69.4. The van der Waals surface area contributed by atoms with Crippen LogP contribution in [0.3, 0.4) is 0 Å². The van der Waals surface area contributed by atoms with E-state index in [0.717, 1.165) is 12.1 Å². The number of nitrogens with one attached hydrogen (secondary N) is 1. The van der Waals surface area contributed by atoms with Crippen LogP contribution >= 0.6 is 0 Å². The van der Waals surface area contributed by atoms with E-state index in [4.69, 9.17) is 0 Å². The summed E-state index contributed by atoms with van der Waals surface area (Å²) in [7, 11) is 0. The molecule has 7 nitrogen and oxygen atoms in total. The van der Waals surface area contributed by atoms with Crippen LogP contribution in [0.25, 0.3) is 0 Å². The molecule has 1 aliphatic heterocycles. The fourth-order valence-electron chi connectivity index (χ4n) is 5.45. The van der Waals surface area contributed by atoms with Crippen molar-refractivity contribution < 1.29 is 46.2 Å². The summed E-state index contributed by atoms with van der Waals surface area (Å²) in [4.78, 5) is 38.8. The maximum atomic E-state index is 13.1. The molecule has 2 N–H and O–H groups in total. The number of amides is 1. The summed E-state index contributed by atoms with van der Waals surface area (Å²) in [6.07, 6.45) is -3.82. The molecule has 12 heteroatoms. The molecular weight excluding hydrogens is 599 g/mol. The zero-order valence-electron chi connectivity index (χ0n) is 24.4. The van der Waals surface area contributed by atoms with Crippen molar-refractivity contribution in [3.63, 3.8) is 0 Å². The number of halogens is 5. The number of aliphatic hydroxyl groups is 1. The van der Waals surface area contributed by atoms with E-state index in [0.29, 0.717) is 35.3 Å². The van der Waals surface area contributed by atoms with Gasteiger partial charge in [0, 0.05) is 42.3 Å². The van der Waals surface area contributed by atoms with Crippen LogP contribution in [0.1, 0.15) is 75.6 Å². The topological polar surface area (TPSA) is 95.9 Å². The number of Topliss-reactive ketones (excluding diaryl/α,β-unsaturated/α-hetero) is 2. The van der Waals surface area contributed by atoms with Gasteiger partial charge in [0.2, 0.25) is 11.6 Å². The Labute approximate surface area is 257 Å². The van der Waals surface area contributed by atoms with Gasteiger partial charge in [0.25, 0.3) is 5.91 Å². The van der Waals surface area contributed by atoms with E-state index in [1.165, 1.54) is 24.3 Å². The minimum atomic E-state index is -4.47. The van der Waals surface area contributed by atoms with Crippen LogP contribution in [0.5, 0.6) is 0 Å². The van der Waals surface area contributed by atoms with E-state index in [-0.39, 0.29) is 37.5 Å². The molecule has 0 spiro atoms. The highest BCUT2D eigenvalue weighted by Crippen LogP contribution is 2.37. The van der Waals surface area contributed by atoms with Crippen molar-refractivity contribution in [3.05, 3.63) is 101 Å². The zero-order valence-corrected chi connectivity index (χ0v) is 24.4. The van der Waals surface area contributed by atoms with Gasteiger partial charge in [0.1, 0.15) is 0 Å². The fourth-order valence-corrected chi connectivity index (χ4v) is 5.45. The normalized spacial score (nSPS) is 17.4. The number of carbonyl (C=O) groups excluding carboxylic acids is 3. The van der Waals surface area contributed by atoms with Crippen molar-refractivity contribution in [2.75, 3.05) is 24.7 Å². The molecule has 0 radical (unpaired) electrons. The van der Waals surface area contributed by atoms with Crippen LogP contribution in [0.15, 0.2) is 72.8 Å². The van der Waals surface area contributed by atoms with Gasteiger partial charge in [-0.2, -0.15) is 22.0 Å². The average Bonchev–Trinajstić information content (AvgIpc) is 3.47. The number of rotatable bonds is 13. The monoisotopic (exact) mass is 632 g/mol. The molecule has 1 saturated heterocycles. The molecule has 0 aliphatic carbocycles. The number of alkyl halides is 5. The zero-order chi connectivity index (χ0) is 32.7. The molecule has 4 rings (SSSR count). The Morgan fingerprint density at radius 3 is 2.13 bits per heavy atom. The summed E-state index contributed by atoms with van der Waals surface area (Å²) in [5.74, 6) is -1.78. The van der Waals surface area contributed by atoms with Crippen molar-refractivity contribution in [2.24, 2.45) is 0 Å². The number of benzene rings is 3. The van der Waals surface area contributed by atoms with E-state index < -0.39 is 47.9 Å². The summed E-state index contributed by atoms with van der Waals surface area (Å²) in [6, 6.07) is 16.4. The lowest BCUT2D eigenvalue weighted by Gasteiger charge is -2.27. The largest absolute Gasteiger partial charge is 0.416 e. The second kappa shape index (κ2) is 14.7. The third kappa shape index (κ3) is 8.52. The minimum Gasteiger partial charge on any atom is -0.396 e. The van der Waals surface area contributed by atoms with Crippen molar-refractivity contribution in [1.82, 2.24) is 5.32 Å². The van der Waals surface area contributed by atoms with Gasteiger partial charge in [-0.15, -0.1) is 0 Å². The Kier molecular flexibility index (Phi) is 11.1. The van der Waals surface area contributed by atoms with E-state index >= 15 is 0 Å². The van der Waals surface area contributed by atoms with Crippen LogP contribution in [-0.4, -0.2) is 55.0 Å². The molecule has 3 aromatic carbocycles. The molecule has 3 atom stereocenters. The lowest BCUT2D eigenvalue weighted by atomic mass is 9.95. The molecule has 0 unspecified atom stereocenters. The molecule has 45 heavy (non-hydrogen) atoms. The van der Waals surface area contributed by atoms with E-state index in [1.54, 1.807) is 43.3 Å². The van der Waals surface area contributed by atoms with Gasteiger partial charge < -0.3 is 20.1 Å². The lowest BCUT2D eigenvalue weighted by Crippen LogP contribution is -2.34. The molecular formula is C33H33F5N2O5. The molecule has 0 bridgehead atoms. The molecule has 1 amide bonds. The van der Waals surface area contributed by atoms with Gasteiger partial charge in [-0.3, -0.25) is 14.4 Å². The summed E-state index contributed by atoms with van der Waals surface area (Å²) >= 11 is 0. The van der Waals surface area contributed by atoms with Crippen LogP contribution in [0, 0.1) is 0 Å². The predicted octanol–water partition coefficient (Wildman–Crippen LogP) is 6.32. The van der Waals surface area contributed by atoms with Gasteiger partial charge in [-0.25, -0.2) is 0 Å². The van der Waals surface area contributed by atoms with Gasteiger partial charge in [0.15, 0.2) is 0 Å². The Bertz CT molecular complexity index is 1460. The van der Waals surface area contributed by atoms with Gasteiger partial charge >= 0.3 is 12.8 Å². The van der Waals surface area contributed by atoms with Crippen LogP contribution in [0.4, 0.5) is 27.6 Å². The Morgan fingerprint density at radius 2 is 1.58 bits per heavy atom. The van der Waals surface area contributed by atoms with Crippen LogP contribution in [-0.2, 0) is 15.7 Å². The summed E-state index contributed by atoms with van der Waals surface area (Å²) in [5.41, 5.74) is 1.65.